The minimum absolute atomic E-state index is 0.00791. The fraction of sp³-hybridized carbons (Fsp3) is 0.263. The van der Waals surface area contributed by atoms with E-state index in [1.54, 1.807) is 18.3 Å². The molecule has 0 saturated heterocycles. The maximum Gasteiger partial charge on any atom is 0.306 e. The van der Waals surface area contributed by atoms with Crippen molar-refractivity contribution in [2.45, 2.75) is 63.3 Å². The molecular weight excluding hydrogens is 678 g/mol. The lowest BCUT2D eigenvalue weighted by molar-refractivity contribution is -0.387. The van der Waals surface area contributed by atoms with Gasteiger partial charge in [0.2, 0.25) is 0 Å². The second-order valence-corrected chi connectivity index (χ2v) is 14.5. The van der Waals surface area contributed by atoms with Crippen molar-refractivity contribution in [2.24, 2.45) is 0 Å². The number of sulfonamides is 1. The highest BCUT2D eigenvalue weighted by Crippen LogP contribution is 2.34. The molecule has 12 heteroatoms. The first-order valence-electron chi connectivity index (χ1n) is 16.4. The van der Waals surface area contributed by atoms with Gasteiger partial charge in [-0.3, -0.25) is 19.2 Å². The third kappa shape index (κ3) is 8.80. The number of carbonyl (C=O) groups excluding carboxylic acids is 1. The van der Waals surface area contributed by atoms with E-state index in [1.807, 2.05) is 54.6 Å². The van der Waals surface area contributed by atoms with E-state index in [0.29, 0.717) is 5.56 Å². The van der Waals surface area contributed by atoms with Crippen LogP contribution in [0.5, 0.6) is 0 Å². The lowest BCUT2D eigenvalue weighted by Gasteiger charge is -2.25. The second kappa shape index (κ2) is 16.6. The van der Waals surface area contributed by atoms with E-state index < -0.39 is 37.3 Å². The monoisotopic (exact) mass is 715 g/mol. The minimum atomic E-state index is -4.54. The van der Waals surface area contributed by atoms with Gasteiger partial charge in [-0.05, 0) is 60.6 Å². The van der Waals surface area contributed by atoms with Crippen LogP contribution in [0.3, 0.4) is 0 Å². The molecule has 0 N–H and O–H groups in total. The molecule has 1 heterocycles. The number of halogens is 1. The van der Waals surface area contributed by atoms with Gasteiger partial charge in [0, 0.05) is 29.9 Å². The van der Waals surface area contributed by atoms with Gasteiger partial charge in [-0.2, -0.15) is 0 Å². The van der Waals surface area contributed by atoms with E-state index in [2.05, 4.69) is 12.3 Å². The first kappa shape index (κ1) is 36.3. The van der Waals surface area contributed by atoms with Crippen LogP contribution in [0.15, 0.2) is 107 Å². The van der Waals surface area contributed by atoms with Gasteiger partial charge in [0.1, 0.15) is 5.82 Å². The molecule has 0 spiro atoms. The lowest BCUT2D eigenvalue weighted by atomic mass is 9.91. The van der Waals surface area contributed by atoms with Crippen LogP contribution in [-0.4, -0.2) is 30.9 Å². The zero-order valence-corrected chi connectivity index (χ0v) is 29.5. The summed E-state index contributed by atoms with van der Waals surface area (Å²) in [5.74, 6) is -0.985. The zero-order valence-electron chi connectivity index (χ0n) is 27.8. The minimum Gasteiger partial charge on any atom is -0.466 e. The van der Waals surface area contributed by atoms with Gasteiger partial charge >= 0.3 is 5.97 Å². The van der Waals surface area contributed by atoms with E-state index in [1.165, 1.54) is 30.3 Å². The predicted molar refractivity (Wildman–Crippen MR) is 193 cm³/mol. The largest absolute Gasteiger partial charge is 0.466 e. The van der Waals surface area contributed by atoms with Crippen molar-refractivity contribution in [1.82, 2.24) is 4.98 Å². The summed E-state index contributed by atoms with van der Waals surface area (Å²) in [6, 6.07) is 26.7. The number of hydrogen-bond donors (Lipinski definition) is 0. The molecule has 0 bridgehead atoms. The fourth-order valence-corrected chi connectivity index (χ4v) is 8.27. The Morgan fingerprint density at radius 1 is 1.00 bits per heavy atom. The molecule has 0 aliphatic heterocycles. The SMILES string of the molecule is CCCC(Cc1nc(-c2ccccc2)cs1)c1ccc(CN(c2ccc(CCC(=O)OCC)c(F)c2)S(=O)(=O)c2ccccc2[N+](=O)[O-])cc1. The van der Waals surface area contributed by atoms with Crippen LogP contribution in [0.4, 0.5) is 15.8 Å². The fourth-order valence-electron chi connectivity index (χ4n) is 5.78. The first-order valence-corrected chi connectivity index (χ1v) is 18.7. The smallest absolute Gasteiger partial charge is 0.306 e. The summed E-state index contributed by atoms with van der Waals surface area (Å²) >= 11 is 1.63. The van der Waals surface area contributed by atoms with Crippen molar-refractivity contribution < 1.29 is 27.3 Å². The number of carbonyl (C=O) groups is 1. The molecule has 5 rings (SSSR count). The third-order valence-electron chi connectivity index (χ3n) is 8.32. The Balaban J connectivity index is 1.43. The number of para-hydroxylation sites is 1. The molecule has 1 aromatic heterocycles. The van der Waals surface area contributed by atoms with E-state index in [-0.39, 0.29) is 43.2 Å². The highest BCUT2D eigenvalue weighted by atomic mass is 32.2. The number of anilines is 1. The molecule has 1 unspecified atom stereocenters. The van der Waals surface area contributed by atoms with Crippen LogP contribution in [-0.2, 0) is 38.9 Å². The van der Waals surface area contributed by atoms with Crippen molar-refractivity contribution in [3.63, 3.8) is 0 Å². The highest BCUT2D eigenvalue weighted by molar-refractivity contribution is 7.93. The topological polar surface area (TPSA) is 120 Å². The molecule has 4 aromatic carbocycles. The Morgan fingerprint density at radius 3 is 2.40 bits per heavy atom. The van der Waals surface area contributed by atoms with E-state index in [0.717, 1.165) is 57.5 Å². The van der Waals surface area contributed by atoms with Crippen LogP contribution >= 0.6 is 11.3 Å². The Morgan fingerprint density at radius 2 is 1.72 bits per heavy atom. The molecule has 0 amide bonds. The van der Waals surface area contributed by atoms with Gasteiger partial charge < -0.3 is 4.74 Å². The Hall–Kier alpha value is -4.94. The number of nitro benzene ring substituents is 1. The second-order valence-electron chi connectivity index (χ2n) is 11.7. The molecule has 260 valence electrons. The average molecular weight is 716 g/mol. The van der Waals surface area contributed by atoms with Gasteiger partial charge in [-0.25, -0.2) is 17.8 Å². The van der Waals surface area contributed by atoms with Gasteiger partial charge in [0.25, 0.3) is 15.7 Å². The van der Waals surface area contributed by atoms with E-state index in [4.69, 9.17) is 9.72 Å². The molecule has 5 aromatic rings. The van der Waals surface area contributed by atoms with Crippen LogP contribution in [0.25, 0.3) is 11.3 Å². The summed E-state index contributed by atoms with van der Waals surface area (Å²) in [5, 5.41) is 14.9. The average Bonchev–Trinajstić information content (AvgIpc) is 3.59. The number of aromatic nitrogens is 1. The summed E-state index contributed by atoms with van der Waals surface area (Å²) in [4.78, 5) is 27.3. The molecule has 50 heavy (non-hydrogen) atoms. The molecule has 0 aliphatic carbocycles. The number of esters is 1. The molecule has 9 nitrogen and oxygen atoms in total. The van der Waals surface area contributed by atoms with Crippen molar-refractivity contribution in [1.29, 1.82) is 0 Å². The molecule has 0 saturated carbocycles. The Labute approximate surface area is 295 Å². The molecule has 1 atom stereocenters. The quantitative estimate of drug-likeness (QED) is 0.0569. The Bertz CT molecular complexity index is 2040. The molecular formula is C38H38FN3O6S2. The summed E-state index contributed by atoms with van der Waals surface area (Å²) in [7, 11) is -4.54. The van der Waals surface area contributed by atoms with Gasteiger partial charge in [0.05, 0.1) is 34.5 Å². The van der Waals surface area contributed by atoms with Crippen molar-refractivity contribution in [3.05, 3.63) is 140 Å². The number of aryl methyl sites for hydroxylation is 1. The highest BCUT2D eigenvalue weighted by Gasteiger charge is 2.32. The summed E-state index contributed by atoms with van der Waals surface area (Å²) in [5.41, 5.74) is 3.33. The first-order chi connectivity index (χ1) is 24.1. The maximum absolute atomic E-state index is 15.4. The maximum atomic E-state index is 15.4. The van der Waals surface area contributed by atoms with E-state index in [9.17, 15) is 23.3 Å². The number of nitrogens with zero attached hydrogens (tertiary/aromatic N) is 3. The third-order valence-corrected chi connectivity index (χ3v) is 11.0. The molecule has 0 fully saturated rings. The van der Waals surface area contributed by atoms with Crippen molar-refractivity contribution in [2.75, 3.05) is 10.9 Å². The van der Waals surface area contributed by atoms with Crippen LogP contribution in [0.2, 0.25) is 0 Å². The normalized spacial score (nSPS) is 12.0. The summed E-state index contributed by atoms with van der Waals surface area (Å²) < 4.78 is 49.6. The number of ether oxygens (including phenoxy) is 1. The lowest BCUT2D eigenvalue weighted by Crippen LogP contribution is -2.31. The molecule has 0 aliphatic rings. The standard InChI is InChI=1S/C38H38FN3O6S2/c1-3-10-31(23-37-40-34(26-49-37)30-11-6-5-7-12-30)28-17-15-27(16-18-28)25-41(50(46,47)36-14-9-8-13-35(36)42(44)45)32-21-19-29(33(39)24-32)20-22-38(43)48-4-2/h5-9,11-19,21,24,26,31H,3-4,10,20,22-23,25H2,1-2H3. The number of benzene rings is 4. The number of nitro groups is 1. The van der Waals surface area contributed by atoms with Crippen LogP contribution in [0.1, 0.15) is 60.7 Å². The number of thiazole rings is 1. The number of rotatable bonds is 16. The Kier molecular flexibility index (Phi) is 12.1. The number of hydrogen-bond acceptors (Lipinski definition) is 8. The summed E-state index contributed by atoms with van der Waals surface area (Å²) in [6.07, 6.45) is 2.68. The van der Waals surface area contributed by atoms with Crippen LogP contribution in [0, 0.1) is 15.9 Å². The van der Waals surface area contributed by atoms with Gasteiger partial charge in [0.15, 0.2) is 4.90 Å². The van der Waals surface area contributed by atoms with Crippen molar-refractivity contribution in [3.8, 4) is 11.3 Å². The van der Waals surface area contributed by atoms with Gasteiger partial charge in [-0.1, -0.05) is 86.1 Å². The van der Waals surface area contributed by atoms with Crippen molar-refractivity contribution >= 4 is 38.7 Å². The van der Waals surface area contributed by atoms with Crippen LogP contribution < -0.4 is 4.31 Å². The summed E-state index contributed by atoms with van der Waals surface area (Å²) in [6.45, 7) is 3.81. The molecule has 0 radical (unpaired) electrons. The predicted octanol–water partition coefficient (Wildman–Crippen LogP) is 8.88. The zero-order chi connectivity index (χ0) is 35.7. The van der Waals surface area contributed by atoms with E-state index >= 15 is 4.39 Å². The van der Waals surface area contributed by atoms with Gasteiger partial charge in [-0.15, -0.1) is 11.3 Å².